The highest BCUT2D eigenvalue weighted by Crippen LogP contribution is 2.44. The number of hydrogen-bond donors (Lipinski definition) is 0. The minimum absolute atomic E-state index is 0.213. The van der Waals surface area contributed by atoms with Crippen molar-refractivity contribution < 1.29 is 0 Å². The maximum Gasteiger partial charge on any atom is 0.113 e. The van der Waals surface area contributed by atoms with Gasteiger partial charge in [0, 0.05) is 0 Å². The summed E-state index contributed by atoms with van der Waals surface area (Å²) in [7, 11) is 31.8. The van der Waals surface area contributed by atoms with Gasteiger partial charge in [-0.25, -0.2) is 0 Å². The van der Waals surface area contributed by atoms with Crippen LogP contribution >= 0.6 is 0 Å². The van der Waals surface area contributed by atoms with Gasteiger partial charge < -0.3 is 0 Å². The van der Waals surface area contributed by atoms with Gasteiger partial charge in [-0.1, -0.05) is 102 Å². The summed E-state index contributed by atoms with van der Waals surface area (Å²) in [5, 5.41) is 6.58. The van der Waals surface area contributed by atoms with E-state index >= 15 is 0 Å². The first-order valence-corrected chi connectivity index (χ1v) is 11.4. The molecule has 0 unspecified atom stereocenters. The highest BCUT2D eigenvalue weighted by molar-refractivity contribution is 6.69. The van der Waals surface area contributed by atoms with E-state index in [1.165, 1.54) is 16.3 Å². The molecule has 0 fully saturated rings. The molecule has 0 atom stereocenters. The van der Waals surface area contributed by atoms with Gasteiger partial charge in [-0.2, -0.15) is 0 Å². The van der Waals surface area contributed by atoms with Crippen LogP contribution in [-0.2, 0) is 0 Å². The molecule has 5 heteroatoms. The first kappa shape index (κ1) is 21.9. The summed E-state index contributed by atoms with van der Waals surface area (Å²) >= 11 is 0. The lowest BCUT2D eigenvalue weighted by Crippen LogP contribution is -2.55. The normalized spacial score (nSPS) is 11.4. The van der Waals surface area contributed by atoms with Crippen molar-refractivity contribution in [3.8, 4) is 22.3 Å². The maximum atomic E-state index is 6.55. The van der Waals surface area contributed by atoms with Crippen molar-refractivity contribution in [2.75, 3.05) is 0 Å². The predicted octanol–water partition coefficient (Wildman–Crippen LogP) is 2.45. The van der Waals surface area contributed by atoms with Crippen molar-refractivity contribution in [2.24, 2.45) is 0 Å². The van der Waals surface area contributed by atoms with Crippen LogP contribution in [0.5, 0.6) is 0 Å². The molecule has 0 aliphatic rings. The zero-order valence-electron chi connectivity index (χ0n) is 19.0. The first-order valence-electron chi connectivity index (χ1n) is 11.4. The van der Waals surface area contributed by atoms with Crippen molar-refractivity contribution in [1.29, 1.82) is 0 Å². The Hall–Kier alpha value is -3.58. The van der Waals surface area contributed by atoms with Gasteiger partial charge in [0.1, 0.15) is 39.2 Å². The molecule has 0 saturated heterocycles. The lowest BCUT2D eigenvalue weighted by molar-refractivity contribution is 1.70. The molecular formula is C30H15B5. The molecule has 6 rings (SSSR count). The Morgan fingerprint density at radius 3 is 1.26 bits per heavy atom. The molecule has 6 aromatic carbocycles. The van der Waals surface area contributed by atoms with E-state index in [-0.39, 0.29) is 16.4 Å². The van der Waals surface area contributed by atoms with E-state index in [1.807, 2.05) is 24.3 Å². The Morgan fingerprint density at radius 1 is 0.314 bits per heavy atom. The number of benzene rings is 6. The average molecular weight is 430 g/mol. The van der Waals surface area contributed by atoms with Crippen LogP contribution in [0.1, 0.15) is 0 Å². The second-order valence-electron chi connectivity index (χ2n) is 8.81. The van der Waals surface area contributed by atoms with Gasteiger partial charge in [0.2, 0.25) is 0 Å². The summed E-state index contributed by atoms with van der Waals surface area (Å²) in [6, 6.07) is 31.5. The topological polar surface area (TPSA) is 0 Å². The SMILES string of the molecule is [B]c1c([B])c([B])c(-c2c3ccccc3c(-c3cccc4ccccc34)c3ccccc23)c([B])c1[B]. The summed E-state index contributed by atoms with van der Waals surface area (Å²) in [4.78, 5) is 0. The van der Waals surface area contributed by atoms with Gasteiger partial charge >= 0.3 is 0 Å². The quantitative estimate of drug-likeness (QED) is 0.293. The van der Waals surface area contributed by atoms with Gasteiger partial charge in [0.25, 0.3) is 0 Å². The van der Waals surface area contributed by atoms with Crippen LogP contribution in [-0.4, -0.2) is 39.2 Å². The minimum Gasteiger partial charge on any atom is -0.112 e. The molecular weight excluding hydrogens is 414 g/mol. The van der Waals surface area contributed by atoms with Crippen molar-refractivity contribution in [3.63, 3.8) is 0 Å². The van der Waals surface area contributed by atoms with Crippen LogP contribution in [0.4, 0.5) is 0 Å². The van der Waals surface area contributed by atoms with Crippen molar-refractivity contribution in [2.45, 2.75) is 0 Å². The van der Waals surface area contributed by atoms with Gasteiger partial charge in [-0.05, 0) is 54.6 Å². The third kappa shape index (κ3) is 3.22. The number of fused-ring (bicyclic) bond motifs is 3. The lowest BCUT2D eigenvalue weighted by Gasteiger charge is -2.25. The van der Waals surface area contributed by atoms with Gasteiger partial charge in [-0.3, -0.25) is 0 Å². The van der Waals surface area contributed by atoms with Crippen LogP contribution in [0.3, 0.4) is 0 Å². The fraction of sp³-hybridized carbons (Fsp3) is 0. The summed E-state index contributed by atoms with van der Waals surface area (Å²) in [5.74, 6) is 0. The van der Waals surface area contributed by atoms with Crippen LogP contribution in [0, 0.1) is 0 Å². The van der Waals surface area contributed by atoms with E-state index in [2.05, 4.69) is 66.7 Å². The maximum absolute atomic E-state index is 6.55. The second-order valence-corrected chi connectivity index (χ2v) is 8.81. The van der Waals surface area contributed by atoms with Gasteiger partial charge in [-0.15, -0.1) is 16.4 Å². The first-order chi connectivity index (χ1) is 17.0. The highest BCUT2D eigenvalue weighted by Gasteiger charge is 2.20. The number of rotatable bonds is 2. The summed E-state index contributed by atoms with van der Waals surface area (Å²) in [6.45, 7) is 0. The van der Waals surface area contributed by atoms with E-state index in [0.29, 0.717) is 16.5 Å². The molecule has 6 aromatic rings. The zero-order valence-corrected chi connectivity index (χ0v) is 19.0. The minimum atomic E-state index is 0.213. The molecule has 0 nitrogen and oxygen atoms in total. The molecule has 150 valence electrons. The third-order valence-electron chi connectivity index (χ3n) is 6.94. The van der Waals surface area contributed by atoms with E-state index < -0.39 is 0 Å². The molecule has 10 radical (unpaired) electrons. The van der Waals surface area contributed by atoms with E-state index in [4.69, 9.17) is 39.2 Å². The molecule has 0 bridgehead atoms. The third-order valence-corrected chi connectivity index (χ3v) is 6.94. The summed E-state index contributed by atoms with van der Waals surface area (Å²) in [6.07, 6.45) is 0. The molecule has 0 N–H and O–H groups in total. The van der Waals surface area contributed by atoms with Gasteiger partial charge in [0.15, 0.2) is 0 Å². The lowest BCUT2D eigenvalue weighted by atomic mass is 9.59. The molecule has 35 heavy (non-hydrogen) atoms. The van der Waals surface area contributed by atoms with Crippen LogP contribution < -0.4 is 27.3 Å². The molecule has 0 aliphatic heterocycles. The predicted molar refractivity (Wildman–Crippen MR) is 157 cm³/mol. The molecule has 0 aliphatic carbocycles. The largest absolute Gasteiger partial charge is 0.113 e. The van der Waals surface area contributed by atoms with Crippen LogP contribution in [0.25, 0.3) is 54.6 Å². The smallest absolute Gasteiger partial charge is 0.112 e. The van der Waals surface area contributed by atoms with Crippen molar-refractivity contribution in [3.05, 3.63) is 91.0 Å². The van der Waals surface area contributed by atoms with Crippen molar-refractivity contribution >= 4 is 98.9 Å². The molecule has 0 saturated carbocycles. The zero-order chi connectivity index (χ0) is 24.3. The second kappa shape index (κ2) is 8.27. The highest BCUT2D eigenvalue weighted by atomic mass is 14.2. The molecule has 0 aromatic heterocycles. The monoisotopic (exact) mass is 430 g/mol. The standard InChI is InChI=1S/C30H15B5/c31-26-25(27(32)29(34)30(35)28(26)33)24-21-13-5-3-11-19(21)23(20-12-4-6-14-22(20)24)18-15-7-9-16-8-1-2-10-17(16)18/h1-15H. The van der Waals surface area contributed by atoms with Gasteiger partial charge in [0.05, 0.1) is 0 Å². The molecule has 0 spiro atoms. The Balaban J connectivity index is 1.86. The van der Waals surface area contributed by atoms with Crippen molar-refractivity contribution in [1.82, 2.24) is 0 Å². The van der Waals surface area contributed by atoms with Crippen LogP contribution in [0.15, 0.2) is 91.0 Å². The molecule has 0 amide bonds. The Morgan fingerprint density at radius 2 is 0.714 bits per heavy atom. The Labute approximate surface area is 211 Å². The fourth-order valence-corrected chi connectivity index (χ4v) is 5.25. The van der Waals surface area contributed by atoms with E-state index in [0.717, 1.165) is 32.7 Å². The van der Waals surface area contributed by atoms with E-state index in [9.17, 15) is 0 Å². The fourth-order valence-electron chi connectivity index (χ4n) is 5.25. The summed E-state index contributed by atoms with van der Waals surface area (Å²) in [5.41, 5.74) is 5.22. The number of hydrogen-bond acceptors (Lipinski definition) is 0. The van der Waals surface area contributed by atoms with Crippen LogP contribution in [0.2, 0.25) is 0 Å². The average Bonchev–Trinajstić information content (AvgIpc) is 2.90. The summed E-state index contributed by atoms with van der Waals surface area (Å²) < 4.78 is 0. The molecule has 0 heterocycles. The Bertz CT molecular complexity index is 1710. The van der Waals surface area contributed by atoms with E-state index in [1.54, 1.807) is 0 Å². The Kier molecular flexibility index (Phi) is 5.18.